The van der Waals surface area contributed by atoms with E-state index >= 15 is 0 Å². The lowest BCUT2D eigenvalue weighted by molar-refractivity contribution is 0.181. The van der Waals surface area contributed by atoms with Gasteiger partial charge in [-0.1, -0.05) is 19.9 Å². The molecular weight excluding hydrogens is 452 g/mol. The van der Waals surface area contributed by atoms with E-state index in [1.54, 1.807) is 13.2 Å². The monoisotopic (exact) mass is 481 g/mol. The molecular formula is C18H29FIN3OS. The third kappa shape index (κ3) is 6.60. The SMILES string of the molecule is CN=C(NCc1ccc(F)c(COC)c1)N1CCSC(C(C)C)C1.I. The zero-order chi connectivity index (χ0) is 17.5. The van der Waals surface area contributed by atoms with E-state index in [9.17, 15) is 4.39 Å². The second kappa shape index (κ2) is 11.2. The Kier molecular flexibility index (Phi) is 10.1. The van der Waals surface area contributed by atoms with Crippen LogP contribution in [0.2, 0.25) is 0 Å². The van der Waals surface area contributed by atoms with Crippen molar-refractivity contribution in [3.05, 3.63) is 35.1 Å². The number of guanidine groups is 1. The molecule has 7 heteroatoms. The minimum Gasteiger partial charge on any atom is -0.380 e. The molecule has 1 fully saturated rings. The van der Waals surface area contributed by atoms with Crippen LogP contribution in [-0.2, 0) is 17.9 Å². The lowest BCUT2D eigenvalue weighted by atomic mass is 10.1. The number of nitrogens with zero attached hydrogens (tertiary/aromatic N) is 2. The first-order valence-electron chi connectivity index (χ1n) is 8.38. The summed E-state index contributed by atoms with van der Waals surface area (Å²) in [5.74, 6) is 2.47. The first-order chi connectivity index (χ1) is 11.5. The predicted octanol–water partition coefficient (Wildman–Crippen LogP) is 3.74. The van der Waals surface area contributed by atoms with Crippen molar-refractivity contribution in [3.8, 4) is 0 Å². The number of halogens is 2. The van der Waals surface area contributed by atoms with Crippen LogP contribution in [0.15, 0.2) is 23.2 Å². The number of methoxy groups -OCH3 is 1. The molecule has 0 spiro atoms. The van der Waals surface area contributed by atoms with Crippen LogP contribution in [0.4, 0.5) is 4.39 Å². The zero-order valence-electron chi connectivity index (χ0n) is 15.4. The van der Waals surface area contributed by atoms with Gasteiger partial charge in [0.05, 0.1) is 6.61 Å². The summed E-state index contributed by atoms with van der Waals surface area (Å²) < 4.78 is 18.7. The van der Waals surface area contributed by atoms with Crippen LogP contribution in [-0.4, -0.2) is 49.1 Å². The molecule has 0 aromatic heterocycles. The van der Waals surface area contributed by atoms with Gasteiger partial charge in [-0.25, -0.2) is 4.39 Å². The fraction of sp³-hybridized carbons (Fsp3) is 0.611. The Morgan fingerprint density at radius 2 is 2.24 bits per heavy atom. The average Bonchev–Trinajstić information content (AvgIpc) is 2.58. The van der Waals surface area contributed by atoms with Crippen LogP contribution < -0.4 is 5.32 Å². The second-order valence-corrected chi connectivity index (χ2v) is 7.71. The molecule has 1 aromatic rings. The van der Waals surface area contributed by atoms with Gasteiger partial charge in [0.15, 0.2) is 5.96 Å². The number of rotatable bonds is 5. The van der Waals surface area contributed by atoms with Gasteiger partial charge < -0.3 is 15.0 Å². The fourth-order valence-electron chi connectivity index (χ4n) is 2.79. The van der Waals surface area contributed by atoms with E-state index in [1.807, 2.05) is 24.9 Å². The molecule has 1 saturated heterocycles. The highest BCUT2D eigenvalue weighted by Gasteiger charge is 2.24. The number of benzene rings is 1. The molecule has 1 heterocycles. The normalized spacial score (nSPS) is 18.2. The minimum atomic E-state index is -0.224. The molecule has 1 aromatic carbocycles. The largest absolute Gasteiger partial charge is 0.380 e. The number of nitrogens with one attached hydrogen (secondary N) is 1. The Labute approximate surface area is 172 Å². The topological polar surface area (TPSA) is 36.9 Å². The number of hydrogen-bond donors (Lipinski definition) is 1. The lowest BCUT2D eigenvalue weighted by Crippen LogP contribution is -2.48. The molecule has 1 aliphatic rings. The first kappa shape index (κ1) is 22.5. The lowest BCUT2D eigenvalue weighted by Gasteiger charge is -2.36. The predicted molar refractivity (Wildman–Crippen MR) is 115 cm³/mol. The molecule has 0 bridgehead atoms. The van der Waals surface area contributed by atoms with Gasteiger partial charge in [-0.05, 0) is 23.6 Å². The van der Waals surface area contributed by atoms with E-state index in [0.29, 0.717) is 23.3 Å². The number of aliphatic imine (C=N–C) groups is 1. The van der Waals surface area contributed by atoms with Crippen molar-refractivity contribution in [2.45, 2.75) is 32.2 Å². The highest BCUT2D eigenvalue weighted by molar-refractivity contribution is 14.0. The molecule has 4 nitrogen and oxygen atoms in total. The number of thioether (sulfide) groups is 1. The first-order valence-corrected chi connectivity index (χ1v) is 9.43. The molecule has 25 heavy (non-hydrogen) atoms. The standard InChI is InChI=1S/C18H28FN3OS.HI/c1-13(2)17-11-22(7-8-24-17)18(20-3)21-10-14-5-6-16(19)15(9-14)12-23-4;/h5-6,9,13,17H,7-8,10-12H2,1-4H3,(H,20,21);1H. The van der Waals surface area contributed by atoms with Gasteiger partial charge in [0, 0.05) is 50.4 Å². The molecule has 1 unspecified atom stereocenters. The second-order valence-electron chi connectivity index (χ2n) is 6.36. The van der Waals surface area contributed by atoms with Gasteiger partial charge in [-0.15, -0.1) is 24.0 Å². The van der Waals surface area contributed by atoms with Crippen molar-refractivity contribution in [2.24, 2.45) is 10.9 Å². The van der Waals surface area contributed by atoms with Crippen LogP contribution in [0.5, 0.6) is 0 Å². The van der Waals surface area contributed by atoms with Crippen molar-refractivity contribution in [3.63, 3.8) is 0 Å². The van der Waals surface area contributed by atoms with Gasteiger partial charge in [0.1, 0.15) is 5.82 Å². The van der Waals surface area contributed by atoms with Crippen molar-refractivity contribution >= 4 is 41.7 Å². The van der Waals surface area contributed by atoms with Gasteiger partial charge in [0.2, 0.25) is 0 Å². The van der Waals surface area contributed by atoms with E-state index in [4.69, 9.17) is 4.74 Å². The van der Waals surface area contributed by atoms with E-state index in [1.165, 1.54) is 6.07 Å². The smallest absolute Gasteiger partial charge is 0.193 e. The summed E-state index contributed by atoms with van der Waals surface area (Å²) in [7, 11) is 3.39. The summed E-state index contributed by atoms with van der Waals surface area (Å²) in [6, 6.07) is 5.15. The Morgan fingerprint density at radius 3 is 2.88 bits per heavy atom. The molecule has 0 saturated carbocycles. The molecule has 1 N–H and O–H groups in total. The molecule has 142 valence electrons. The Balaban J connectivity index is 0.00000312. The van der Waals surface area contributed by atoms with E-state index in [2.05, 4.69) is 29.1 Å². The van der Waals surface area contributed by atoms with Crippen molar-refractivity contribution in [1.82, 2.24) is 10.2 Å². The Bertz CT molecular complexity index is 571. The highest BCUT2D eigenvalue weighted by Crippen LogP contribution is 2.24. The third-order valence-corrected chi connectivity index (χ3v) is 5.75. The maximum Gasteiger partial charge on any atom is 0.193 e. The van der Waals surface area contributed by atoms with E-state index in [-0.39, 0.29) is 36.4 Å². The maximum absolute atomic E-state index is 13.7. The maximum atomic E-state index is 13.7. The van der Waals surface area contributed by atoms with Gasteiger partial charge in [0.25, 0.3) is 0 Å². The average molecular weight is 481 g/mol. The van der Waals surface area contributed by atoms with Crippen molar-refractivity contribution in [2.75, 3.05) is 33.0 Å². The minimum absolute atomic E-state index is 0. The number of hydrogen-bond acceptors (Lipinski definition) is 3. The molecule has 1 atom stereocenters. The van der Waals surface area contributed by atoms with Gasteiger partial charge in [-0.3, -0.25) is 4.99 Å². The van der Waals surface area contributed by atoms with E-state index in [0.717, 1.165) is 30.4 Å². The highest BCUT2D eigenvalue weighted by atomic mass is 127. The summed E-state index contributed by atoms with van der Waals surface area (Å²) in [5, 5.41) is 4.04. The van der Waals surface area contributed by atoms with Crippen molar-refractivity contribution in [1.29, 1.82) is 0 Å². The molecule has 0 radical (unpaired) electrons. The van der Waals surface area contributed by atoms with Gasteiger partial charge in [-0.2, -0.15) is 11.8 Å². The van der Waals surface area contributed by atoms with Crippen molar-refractivity contribution < 1.29 is 9.13 Å². The van der Waals surface area contributed by atoms with Crippen LogP contribution in [0.1, 0.15) is 25.0 Å². The zero-order valence-corrected chi connectivity index (χ0v) is 18.6. The third-order valence-electron chi connectivity index (χ3n) is 4.21. The summed E-state index contributed by atoms with van der Waals surface area (Å²) >= 11 is 2.05. The summed E-state index contributed by atoms with van der Waals surface area (Å²) in [4.78, 5) is 6.74. The molecule has 0 aliphatic carbocycles. The summed E-state index contributed by atoms with van der Waals surface area (Å²) in [6.07, 6.45) is 0. The fourth-order valence-corrected chi connectivity index (χ4v) is 4.09. The molecule has 0 amide bonds. The summed E-state index contributed by atoms with van der Waals surface area (Å²) in [5.41, 5.74) is 1.61. The Morgan fingerprint density at radius 1 is 1.48 bits per heavy atom. The quantitative estimate of drug-likeness (QED) is 0.395. The van der Waals surface area contributed by atoms with Gasteiger partial charge >= 0.3 is 0 Å². The Hall–Kier alpha value is -0.540. The van der Waals surface area contributed by atoms with E-state index < -0.39 is 0 Å². The molecule has 1 aliphatic heterocycles. The van der Waals surface area contributed by atoms with Crippen LogP contribution in [0.25, 0.3) is 0 Å². The number of ether oxygens (including phenoxy) is 1. The molecule has 2 rings (SSSR count). The summed E-state index contributed by atoms with van der Waals surface area (Å²) in [6.45, 7) is 7.47. The van der Waals surface area contributed by atoms with Crippen LogP contribution in [0.3, 0.4) is 0 Å². The van der Waals surface area contributed by atoms with Crippen LogP contribution >= 0.6 is 35.7 Å². The van der Waals surface area contributed by atoms with Crippen LogP contribution in [0, 0.1) is 11.7 Å².